The topological polar surface area (TPSA) is 135 Å². The number of pyridine rings is 1. The second kappa shape index (κ2) is 11.5. The van der Waals surface area contributed by atoms with Crippen LogP contribution in [0.15, 0.2) is 67.1 Å². The van der Waals surface area contributed by atoms with Crippen LogP contribution in [-0.4, -0.2) is 79.1 Å². The Labute approximate surface area is 238 Å². The van der Waals surface area contributed by atoms with E-state index in [-0.39, 0.29) is 17.9 Å². The fourth-order valence-corrected chi connectivity index (χ4v) is 5.30. The van der Waals surface area contributed by atoms with Crippen molar-refractivity contribution in [2.75, 3.05) is 37.7 Å². The van der Waals surface area contributed by atoms with E-state index >= 15 is 0 Å². The maximum Gasteiger partial charge on any atom is 0.256 e. The molecule has 1 aliphatic heterocycles. The molecule has 6 rings (SSSR count). The number of nitrogen functional groups attached to an aromatic ring is 1. The van der Waals surface area contributed by atoms with Crippen LogP contribution in [0, 0.1) is 0 Å². The highest BCUT2D eigenvalue weighted by Gasteiger charge is 2.29. The monoisotopic (exact) mass is 551 g/mol. The lowest BCUT2D eigenvalue weighted by Gasteiger charge is -2.32. The Balaban J connectivity index is 1.22. The summed E-state index contributed by atoms with van der Waals surface area (Å²) < 4.78 is 1.88. The quantitative estimate of drug-likeness (QED) is 0.318. The number of rotatable bonds is 8. The molecule has 1 aromatic carbocycles. The summed E-state index contributed by atoms with van der Waals surface area (Å²) in [5.41, 5.74) is 8.88. The van der Waals surface area contributed by atoms with Gasteiger partial charge in [0, 0.05) is 49.1 Å². The summed E-state index contributed by atoms with van der Waals surface area (Å²) in [4.78, 5) is 42.8. The van der Waals surface area contributed by atoms with Crippen molar-refractivity contribution in [2.24, 2.45) is 0 Å². The number of anilines is 2. The Hall–Kier alpha value is -4.64. The average molecular weight is 552 g/mol. The number of amides is 2. The van der Waals surface area contributed by atoms with Crippen molar-refractivity contribution in [3.63, 3.8) is 0 Å². The molecule has 2 fully saturated rings. The minimum Gasteiger partial charge on any atom is -0.383 e. The number of aromatic nitrogens is 5. The van der Waals surface area contributed by atoms with Crippen LogP contribution in [0.5, 0.6) is 0 Å². The van der Waals surface area contributed by atoms with Crippen molar-refractivity contribution in [3.05, 3.63) is 72.7 Å². The van der Waals surface area contributed by atoms with Gasteiger partial charge in [-0.3, -0.25) is 14.5 Å². The number of hydrogen-bond acceptors (Lipinski definition) is 8. The number of carbonyl (C=O) groups is 2. The molecule has 1 aliphatic carbocycles. The molecule has 0 bridgehead atoms. The normalized spacial score (nSPS) is 17.4. The molecule has 3 N–H and O–H groups in total. The number of likely N-dealkylation sites (N-methyl/N-ethyl adjacent to an activating group) is 1. The van der Waals surface area contributed by atoms with Crippen molar-refractivity contribution in [2.45, 2.75) is 37.8 Å². The first-order chi connectivity index (χ1) is 20.0. The van der Waals surface area contributed by atoms with E-state index in [1.807, 2.05) is 33.9 Å². The van der Waals surface area contributed by atoms with Crippen LogP contribution in [0.3, 0.4) is 0 Å². The minimum absolute atomic E-state index is 0.0179. The Morgan fingerprint density at radius 1 is 1.10 bits per heavy atom. The van der Waals surface area contributed by atoms with Crippen LogP contribution in [0.4, 0.5) is 11.6 Å². The third kappa shape index (κ3) is 5.80. The van der Waals surface area contributed by atoms with Crippen molar-refractivity contribution >= 4 is 34.5 Å². The number of likely N-dealkylation sites (tertiary alicyclic amines) is 1. The molecule has 1 atom stereocenters. The van der Waals surface area contributed by atoms with Gasteiger partial charge < -0.3 is 16.0 Å². The summed E-state index contributed by atoms with van der Waals surface area (Å²) in [6, 6.07) is 13.1. The number of nitrogens with two attached hydrogens (primary N) is 1. The van der Waals surface area contributed by atoms with Crippen molar-refractivity contribution < 1.29 is 9.59 Å². The van der Waals surface area contributed by atoms with Gasteiger partial charge in [-0.05, 0) is 57.0 Å². The molecule has 4 aromatic rings. The number of carbonyl (C=O) groups excluding carboxylic acids is 2. The van der Waals surface area contributed by atoms with Crippen LogP contribution < -0.4 is 11.1 Å². The Morgan fingerprint density at radius 2 is 1.93 bits per heavy atom. The molecule has 0 radical (unpaired) electrons. The first-order valence-corrected chi connectivity index (χ1v) is 13.9. The van der Waals surface area contributed by atoms with Gasteiger partial charge in [-0.15, -0.1) is 0 Å². The van der Waals surface area contributed by atoms with Gasteiger partial charge in [0.15, 0.2) is 5.65 Å². The molecule has 11 nitrogen and oxygen atoms in total. The number of piperidine rings is 1. The molecule has 41 heavy (non-hydrogen) atoms. The largest absolute Gasteiger partial charge is 0.383 e. The van der Waals surface area contributed by atoms with Gasteiger partial charge in [-0.2, -0.15) is 5.10 Å². The van der Waals surface area contributed by atoms with Gasteiger partial charge in [0.05, 0.1) is 11.4 Å². The standard InChI is InChI=1S/C30H33N9O2/c1-37(22-13-14-22)16-5-8-25(40)38-17-4-6-23(18-38)39-29-26(28(31)33-19-34-29)27(36-39)20-9-11-21(12-10-20)30(41)35-24-7-2-3-15-32-24/h2-3,5,7-12,15,19,22-23H,4,6,13-14,16-18H2,1H3,(H2,31,33,34)(H,32,35,41)/b8-5+. The minimum atomic E-state index is -0.256. The highest BCUT2D eigenvalue weighted by atomic mass is 16.2. The predicted octanol–water partition coefficient (Wildman–Crippen LogP) is 3.54. The number of nitrogens with zero attached hydrogens (tertiary/aromatic N) is 7. The summed E-state index contributed by atoms with van der Waals surface area (Å²) in [5, 5.41) is 8.40. The van der Waals surface area contributed by atoms with E-state index in [1.54, 1.807) is 36.5 Å². The molecule has 210 valence electrons. The number of nitrogens with one attached hydrogen (secondary N) is 1. The number of benzene rings is 1. The Bertz CT molecular complexity index is 1580. The highest BCUT2D eigenvalue weighted by molar-refractivity contribution is 6.04. The fraction of sp³-hybridized carbons (Fsp3) is 0.333. The maximum atomic E-state index is 13.0. The Morgan fingerprint density at radius 3 is 2.68 bits per heavy atom. The number of fused-ring (bicyclic) bond motifs is 1. The van der Waals surface area contributed by atoms with Crippen LogP contribution in [-0.2, 0) is 4.79 Å². The lowest BCUT2D eigenvalue weighted by atomic mass is 10.1. The van der Waals surface area contributed by atoms with Crippen molar-refractivity contribution in [1.29, 1.82) is 0 Å². The fourth-order valence-electron chi connectivity index (χ4n) is 5.30. The second-order valence-electron chi connectivity index (χ2n) is 10.7. The van der Waals surface area contributed by atoms with Gasteiger partial charge in [0.2, 0.25) is 5.91 Å². The van der Waals surface area contributed by atoms with E-state index in [4.69, 9.17) is 10.8 Å². The summed E-state index contributed by atoms with van der Waals surface area (Å²) in [6.07, 6.45) is 10.9. The van der Waals surface area contributed by atoms with Gasteiger partial charge in [0.25, 0.3) is 5.91 Å². The molecule has 2 aliphatic rings. The van der Waals surface area contributed by atoms with Crippen LogP contribution >= 0.6 is 0 Å². The van der Waals surface area contributed by atoms with E-state index in [0.717, 1.165) is 24.9 Å². The van der Waals surface area contributed by atoms with Crippen LogP contribution in [0.25, 0.3) is 22.3 Å². The molecule has 0 spiro atoms. The van der Waals surface area contributed by atoms with Crippen LogP contribution in [0.1, 0.15) is 42.1 Å². The summed E-state index contributed by atoms with van der Waals surface area (Å²) >= 11 is 0. The molecule has 1 unspecified atom stereocenters. The van der Waals surface area contributed by atoms with Gasteiger partial charge in [-0.1, -0.05) is 24.3 Å². The van der Waals surface area contributed by atoms with E-state index in [2.05, 4.69) is 32.2 Å². The molecule has 3 aromatic heterocycles. The maximum absolute atomic E-state index is 13.0. The SMILES string of the molecule is CN(C/C=C/C(=O)N1CCCC(n2nc(-c3ccc(C(=O)Nc4ccccn4)cc3)c3c(N)ncnc32)C1)C1CC1. The average Bonchev–Trinajstić information content (AvgIpc) is 3.78. The van der Waals surface area contributed by atoms with Crippen molar-refractivity contribution in [1.82, 2.24) is 34.5 Å². The molecule has 11 heteroatoms. The summed E-state index contributed by atoms with van der Waals surface area (Å²) in [6.45, 7) is 2.03. The molecule has 1 saturated carbocycles. The zero-order chi connectivity index (χ0) is 28.3. The lowest BCUT2D eigenvalue weighted by molar-refractivity contribution is -0.127. The molecule has 4 heterocycles. The van der Waals surface area contributed by atoms with E-state index in [9.17, 15) is 9.59 Å². The predicted molar refractivity (Wildman–Crippen MR) is 157 cm³/mol. The third-order valence-electron chi connectivity index (χ3n) is 7.72. The molecular formula is C30H33N9O2. The molecular weight excluding hydrogens is 518 g/mol. The smallest absolute Gasteiger partial charge is 0.256 e. The zero-order valence-electron chi connectivity index (χ0n) is 23.0. The number of hydrogen-bond donors (Lipinski definition) is 2. The molecule has 1 saturated heterocycles. The second-order valence-corrected chi connectivity index (χ2v) is 10.7. The first-order valence-electron chi connectivity index (χ1n) is 13.9. The zero-order valence-corrected chi connectivity index (χ0v) is 23.0. The molecule has 2 amide bonds. The lowest BCUT2D eigenvalue weighted by Crippen LogP contribution is -2.40. The summed E-state index contributed by atoms with van der Waals surface area (Å²) in [7, 11) is 2.10. The van der Waals surface area contributed by atoms with E-state index < -0.39 is 0 Å². The van der Waals surface area contributed by atoms with E-state index in [0.29, 0.717) is 53.1 Å². The first kappa shape index (κ1) is 26.6. The van der Waals surface area contributed by atoms with E-state index in [1.165, 1.54) is 19.2 Å². The van der Waals surface area contributed by atoms with Crippen LogP contribution in [0.2, 0.25) is 0 Å². The van der Waals surface area contributed by atoms with Gasteiger partial charge in [0.1, 0.15) is 23.7 Å². The van der Waals surface area contributed by atoms with Gasteiger partial charge in [-0.25, -0.2) is 19.6 Å². The summed E-state index contributed by atoms with van der Waals surface area (Å²) in [5.74, 6) is 0.579. The highest BCUT2D eigenvalue weighted by Crippen LogP contribution is 2.34. The Kier molecular flexibility index (Phi) is 7.43. The van der Waals surface area contributed by atoms with Gasteiger partial charge >= 0.3 is 0 Å². The third-order valence-corrected chi connectivity index (χ3v) is 7.72. The van der Waals surface area contributed by atoms with Crippen molar-refractivity contribution in [3.8, 4) is 11.3 Å².